The van der Waals surface area contributed by atoms with Crippen LogP contribution in [0.4, 0.5) is 0 Å². The molecule has 0 saturated heterocycles. The Balaban J connectivity index is 1.93. The summed E-state index contributed by atoms with van der Waals surface area (Å²) in [6, 6.07) is -0.538. The molecule has 0 radical (unpaired) electrons. The summed E-state index contributed by atoms with van der Waals surface area (Å²) in [5.41, 5.74) is 5.51. The van der Waals surface area contributed by atoms with Gasteiger partial charge in [-0.15, -0.1) is 0 Å². The Bertz CT molecular complexity index is 168. The summed E-state index contributed by atoms with van der Waals surface area (Å²) < 4.78 is 9.82. The molecule has 1 aliphatic rings. The maximum absolute atomic E-state index is 10.8. The van der Waals surface area contributed by atoms with Gasteiger partial charge in [0.2, 0.25) is 0 Å². The van der Waals surface area contributed by atoms with Crippen molar-refractivity contribution in [3.8, 4) is 0 Å². The van der Waals surface area contributed by atoms with Crippen molar-refractivity contribution in [1.29, 1.82) is 0 Å². The molecule has 1 saturated carbocycles. The summed E-state index contributed by atoms with van der Waals surface area (Å²) >= 11 is 0. The molecule has 0 spiro atoms. The van der Waals surface area contributed by atoms with Crippen LogP contribution in [-0.4, -0.2) is 32.3 Å². The van der Waals surface area contributed by atoms with Crippen molar-refractivity contribution < 1.29 is 14.3 Å². The quantitative estimate of drug-likeness (QED) is 0.480. The third-order valence-corrected chi connectivity index (χ3v) is 2.13. The molecule has 0 bridgehead atoms. The molecule has 0 aromatic rings. The van der Waals surface area contributed by atoms with Crippen LogP contribution < -0.4 is 5.73 Å². The van der Waals surface area contributed by atoms with Crippen molar-refractivity contribution in [2.45, 2.75) is 25.3 Å². The average Bonchev–Trinajstić information content (AvgIpc) is 2.94. The van der Waals surface area contributed by atoms with E-state index in [1.54, 1.807) is 0 Å². The Kier molecular flexibility index (Phi) is 4.18. The van der Waals surface area contributed by atoms with Gasteiger partial charge in [0.1, 0.15) is 6.04 Å². The van der Waals surface area contributed by atoms with Gasteiger partial charge in [0.05, 0.1) is 7.11 Å². The lowest BCUT2D eigenvalue weighted by molar-refractivity contribution is -0.142. The highest BCUT2D eigenvalue weighted by atomic mass is 16.5. The maximum atomic E-state index is 10.8. The third-order valence-electron chi connectivity index (χ3n) is 2.13. The molecule has 0 heterocycles. The molecular formula is C9H17NO3. The number of hydrogen-bond acceptors (Lipinski definition) is 4. The van der Waals surface area contributed by atoms with Crippen molar-refractivity contribution in [2.24, 2.45) is 11.7 Å². The lowest BCUT2D eigenvalue weighted by atomic mass is 10.2. The van der Waals surface area contributed by atoms with Gasteiger partial charge >= 0.3 is 5.97 Å². The summed E-state index contributed by atoms with van der Waals surface area (Å²) in [5.74, 6) is 0.393. The summed E-state index contributed by atoms with van der Waals surface area (Å²) in [5, 5.41) is 0. The lowest BCUT2D eigenvalue weighted by Crippen LogP contribution is -2.32. The molecular weight excluding hydrogens is 170 g/mol. The first-order valence-electron chi connectivity index (χ1n) is 4.65. The second kappa shape index (κ2) is 5.19. The summed E-state index contributed by atoms with van der Waals surface area (Å²) in [6.45, 7) is 1.36. The Morgan fingerprint density at radius 1 is 1.62 bits per heavy atom. The molecule has 76 valence electrons. The number of carbonyl (C=O) groups excluding carboxylic acids is 1. The van der Waals surface area contributed by atoms with Crippen molar-refractivity contribution in [3.63, 3.8) is 0 Å². The first-order chi connectivity index (χ1) is 6.24. The van der Waals surface area contributed by atoms with Crippen LogP contribution in [0.1, 0.15) is 19.3 Å². The summed E-state index contributed by atoms with van der Waals surface area (Å²) in [6.07, 6.45) is 3.10. The molecule has 1 fully saturated rings. The maximum Gasteiger partial charge on any atom is 0.322 e. The molecule has 1 atom stereocenters. The number of hydrogen-bond donors (Lipinski definition) is 1. The highest BCUT2D eigenvalue weighted by molar-refractivity contribution is 5.75. The molecule has 1 rings (SSSR count). The summed E-state index contributed by atoms with van der Waals surface area (Å²) in [4.78, 5) is 10.8. The summed E-state index contributed by atoms with van der Waals surface area (Å²) in [7, 11) is 1.34. The van der Waals surface area contributed by atoms with E-state index in [0.29, 0.717) is 13.0 Å². The van der Waals surface area contributed by atoms with E-state index in [-0.39, 0.29) is 5.97 Å². The zero-order chi connectivity index (χ0) is 9.68. The predicted octanol–water partition coefficient (Wildman–Crippen LogP) is 0.303. The number of rotatable bonds is 6. The van der Waals surface area contributed by atoms with E-state index < -0.39 is 6.04 Å². The molecule has 1 aliphatic carbocycles. The second-order valence-corrected chi connectivity index (χ2v) is 3.44. The third kappa shape index (κ3) is 4.24. The second-order valence-electron chi connectivity index (χ2n) is 3.44. The number of methoxy groups -OCH3 is 1. The zero-order valence-corrected chi connectivity index (χ0v) is 7.99. The van der Waals surface area contributed by atoms with Crippen LogP contribution in [0.15, 0.2) is 0 Å². The Hall–Kier alpha value is -0.610. The van der Waals surface area contributed by atoms with Gasteiger partial charge in [0.25, 0.3) is 0 Å². The monoisotopic (exact) mass is 187 g/mol. The molecule has 0 amide bonds. The fourth-order valence-electron chi connectivity index (χ4n) is 1.01. The van der Waals surface area contributed by atoms with Crippen molar-refractivity contribution in [3.05, 3.63) is 0 Å². The molecule has 4 nitrogen and oxygen atoms in total. The normalized spacial score (nSPS) is 18.3. The minimum absolute atomic E-state index is 0.366. The van der Waals surface area contributed by atoms with Gasteiger partial charge in [-0.1, -0.05) is 0 Å². The predicted molar refractivity (Wildman–Crippen MR) is 48.2 cm³/mol. The standard InChI is InChI=1S/C9H17NO3/c1-12-9(11)8(10)4-5-13-6-7-2-3-7/h7-8H,2-6,10H2,1H3/t8-/m0/s1. The first-order valence-corrected chi connectivity index (χ1v) is 4.65. The Morgan fingerprint density at radius 2 is 2.31 bits per heavy atom. The minimum Gasteiger partial charge on any atom is -0.468 e. The van der Waals surface area contributed by atoms with E-state index in [0.717, 1.165) is 12.5 Å². The van der Waals surface area contributed by atoms with Gasteiger partial charge < -0.3 is 15.2 Å². The van der Waals surface area contributed by atoms with Crippen LogP contribution in [0.5, 0.6) is 0 Å². The number of carbonyl (C=O) groups is 1. The lowest BCUT2D eigenvalue weighted by Gasteiger charge is -2.08. The van der Waals surface area contributed by atoms with E-state index in [9.17, 15) is 4.79 Å². The van der Waals surface area contributed by atoms with E-state index >= 15 is 0 Å². The average molecular weight is 187 g/mol. The fraction of sp³-hybridized carbons (Fsp3) is 0.889. The topological polar surface area (TPSA) is 61.5 Å². The number of nitrogens with two attached hydrogens (primary N) is 1. The Morgan fingerprint density at radius 3 is 2.85 bits per heavy atom. The zero-order valence-electron chi connectivity index (χ0n) is 7.99. The van der Waals surface area contributed by atoms with Crippen molar-refractivity contribution >= 4 is 5.97 Å². The molecule has 2 N–H and O–H groups in total. The molecule has 13 heavy (non-hydrogen) atoms. The van der Waals surface area contributed by atoms with Gasteiger partial charge in [-0.25, -0.2) is 0 Å². The minimum atomic E-state index is -0.538. The van der Waals surface area contributed by atoms with Crippen LogP contribution in [0.2, 0.25) is 0 Å². The van der Waals surface area contributed by atoms with Gasteiger partial charge in [-0.05, 0) is 25.2 Å². The van der Waals surface area contributed by atoms with Crippen LogP contribution >= 0.6 is 0 Å². The van der Waals surface area contributed by atoms with Crippen LogP contribution in [0, 0.1) is 5.92 Å². The number of esters is 1. The van der Waals surface area contributed by atoms with Gasteiger partial charge in [0.15, 0.2) is 0 Å². The van der Waals surface area contributed by atoms with E-state index in [1.165, 1.54) is 20.0 Å². The van der Waals surface area contributed by atoms with Gasteiger partial charge in [-0.3, -0.25) is 4.79 Å². The Labute approximate surface area is 78.4 Å². The van der Waals surface area contributed by atoms with E-state index in [1.807, 2.05) is 0 Å². The van der Waals surface area contributed by atoms with Crippen molar-refractivity contribution in [2.75, 3.05) is 20.3 Å². The smallest absolute Gasteiger partial charge is 0.322 e. The fourth-order valence-corrected chi connectivity index (χ4v) is 1.01. The van der Waals surface area contributed by atoms with Gasteiger partial charge in [-0.2, -0.15) is 0 Å². The highest BCUT2D eigenvalue weighted by Gasteiger charge is 2.21. The molecule has 0 aromatic heterocycles. The molecule has 0 aromatic carbocycles. The number of ether oxygens (including phenoxy) is 2. The first kappa shape index (κ1) is 10.5. The molecule has 0 unspecified atom stereocenters. The molecule has 0 aliphatic heterocycles. The largest absolute Gasteiger partial charge is 0.468 e. The van der Waals surface area contributed by atoms with Gasteiger partial charge in [0, 0.05) is 13.2 Å². The van der Waals surface area contributed by atoms with E-state index in [2.05, 4.69) is 4.74 Å². The van der Waals surface area contributed by atoms with Crippen LogP contribution in [-0.2, 0) is 14.3 Å². The van der Waals surface area contributed by atoms with Crippen molar-refractivity contribution in [1.82, 2.24) is 0 Å². The van der Waals surface area contributed by atoms with Crippen LogP contribution in [0.3, 0.4) is 0 Å². The highest BCUT2D eigenvalue weighted by Crippen LogP contribution is 2.28. The SMILES string of the molecule is COC(=O)[C@@H](N)CCOCC1CC1. The molecule has 4 heteroatoms. The van der Waals surface area contributed by atoms with Crippen LogP contribution in [0.25, 0.3) is 0 Å². The van der Waals surface area contributed by atoms with E-state index in [4.69, 9.17) is 10.5 Å².